The van der Waals surface area contributed by atoms with Crippen LogP contribution in [0.2, 0.25) is 0 Å². The molecule has 1 aromatic heterocycles. The summed E-state index contributed by atoms with van der Waals surface area (Å²) in [7, 11) is 2.02. The van der Waals surface area contributed by atoms with Crippen LogP contribution in [0, 0.1) is 3.57 Å². The van der Waals surface area contributed by atoms with E-state index in [2.05, 4.69) is 4.98 Å². The minimum atomic E-state index is -4.26. The molecule has 16 heavy (non-hydrogen) atoms. The molecule has 1 heterocycles. The number of hydrogen-bond donors (Lipinski definition) is 0. The van der Waals surface area contributed by atoms with E-state index in [0.29, 0.717) is 0 Å². The van der Waals surface area contributed by atoms with Crippen molar-refractivity contribution in [3.8, 4) is 5.88 Å². The van der Waals surface area contributed by atoms with E-state index in [4.69, 9.17) is 15.4 Å². The van der Waals surface area contributed by atoms with Crippen LogP contribution in [0.3, 0.4) is 0 Å². The molecule has 4 nitrogen and oxygen atoms in total. The second kappa shape index (κ2) is 4.96. The summed E-state index contributed by atoms with van der Waals surface area (Å²) in [6.45, 7) is 0. The summed E-state index contributed by atoms with van der Waals surface area (Å²) < 4.78 is 52.2. The van der Waals surface area contributed by atoms with E-state index in [9.17, 15) is 17.2 Å². The first-order chi connectivity index (χ1) is 7.29. The van der Waals surface area contributed by atoms with Crippen molar-refractivity contribution in [1.82, 2.24) is 4.98 Å². The molecule has 1 aromatic rings. The number of alkyl halides is 2. The lowest BCUT2D eigenvalue weighted by Crippen LogP contribution is -2.05. The smallest absolute Gasteiger partial charge is 0.266 e. The molecule has 0 aromatic carbocycles. The monoisotopic (exact) mass is 383 g/mol. The van der Waals surface area contributed by atoms with Crippen molar-refractivity contribution >= 4 is 42.3 Å². The standard InChI is InChI=1S/C7H5ClF2INO3S/c1-15-7-5(11)4(6(9)10)3(2-12-7)16(8,13)14/h2,6H,1H3. The lowest BCUT2D eigenvalue weighted by atomic mass is 10.3. The molecule has 0 bridgehead atoms. The van der Waals surface area contributed by atoms with E-state index in [-0.39, 0.29) is 9.45 Å². The third-order valence-electron chi connectivity index (χ3n) is 1.66. The molecule has 0 spiro atoms. The molecule has 0 aliphatic heterocycles. The van der Waals surface area contributed by atoms with Crippen LogP contribution in [0.4, 0.5) is 8.78 Å². The lowest BCUT2D eigenvalue weighted by Gasteiger charge is -2.10. The van der Waals surface area contributed by atoms with Crippen LogP contribution in [0.5, 0.6) is 5.88 Å². The highest BCUT2D eigenvalue weighted by atomic mass is 127. The van der Waals surface area contributed by atoms with E-state index in [0.717, 1.165) is 6.20 Å². The van der Waals surface area contributed by atoms with Crippen LogP contribution >= 0.6 is 33.3 Å². The average Bonchev–Trinajstić information content (AvgIpc) is 2.15. The molecular weight excluding hydrogens is 379 g/mol. The molecule has 0 amide bonds. The molecule has 0 fully saturated rings. The summed E-state index contributed by atoms with van der Waals surface area (Å²) in [6, 6.07) is 0. The van der Waals surface area contributed by atoms with Gasteiger partial charge in [0.2, 0.25) is 5.88 Å². The highest BCUT2D eigenvalue weighted by Crippen LogP contribution is 2.35. The maximum absolute atomic E-state index is 12.7. The number of nitrogens with zero attached hydrogens (tertiary/aromatic N) is 1. The third-order valence-corrected chi connectivity index (χ3v) is 4.05. The third kappa shape index (κ3) is 2.72. The van der Waals surface area contributed by atoms with Gasteiger partial charge in [0, 0.05) is 10.7 Å². The molecule has 0 radical (unpaired) electrons. The Hall–Kier alpha value is -0.220. The maximum Gasteiger partial charge on any atom is 0.266 e. The van der Waals surface area contributed by atoms with Gasteiger partial charge in [-0.2, -0.15) is 0 Å². The summed E-state index contributed by atoms with van der Waals surface area (Å²) in [5.74, 6) is -0.0695. The molecule has 0 saturated heterocycles. The van der Waals surface area contributed by atoms with Gasteiger partial charge in [0.05, 0.1) is 22.4 Å². The number of aromatic nitrogens is 1. The van der Waals surface area contributed by atoms with E-state index in [1.165, 1.54) is 29.7 Å². The number of pyridine rings is 1. The van der Waals surface area contributed by atoms with Gasteiger partial charge in [0.15, 0.2) is 0 Å². The number of hydrogen-bond acceptors (Lipinski definition) is 4. The van der Waals surface area contributed by atoms with Gasteiger partial charge in [-0.3, -0.25) is 0 Å². The van der Waals surface area contributed by atoms with Crippen LogP contribution in [0.1, 0.15) is 12.0 Å². The van der Waals surface area contributed by atoms with Crippen molar-refractivity contribution in [3.05, 3.63) is 15.3 Å². The van der Waals surface area contributed by atoms with Crippen LogP contribution < -0.4 is 4.74 Å². The molecule has 9 heteroatoms. The quantitative estimate of drug-likeness (QED) is 0.595. The zero-order valence-corrected chi connectivity index (χ0v) is 11.5. The summed E-state index contributed by atoms with van der Waals surface area (Å²) in [6.07, 6.45) is -2.22. The normalized spacial score (nSPS) is 11.9. The average molecular weight is 384 g/mol. The van der Waals surface area contributed by atoms with Gasteiger partial charge < -0.3 is 4.74 Å². The van der Waals surface area contributed by atoms with Crippen molar-refractivity contribution in [1.29, 1.82) is 0 Å². The second-order valence-corrected chi connectivity index (χ2v) is 6.21. The first-order valence-corrected chi connectivity index (χ1v) is 7.13. The molecule has 0 aliphatic carbocycles. The van der Waals surface area contributed by atoms with E-state index >= 15 is 0 Å². The van der Waals surface area contributed by atoms with Crippen molar-refractivity contribution < 1.29 is 21.9 Å². The Balaban J connectivity index is 3.60. The molecule has 0 unspecified atom stereocenters. The zero-order valence-electron chi connectivity index (χ0n) is 7.75. The van der Waals surface area contributed by atoms with Gasteiger partial charge in [-0.25, -0.2) is 22.2 Å². The molecule has 0 saturated carbocycles. The molecule has 1 rings (SSSR count). The summed E-state index contributed by atoms with van der Waals surface area (Å²) in [5.41, 5.74) is -0.692. The first kappa shape index (κ1) is 13.8. The van der Waals surface area contributed by atoms with Gasteiger partial charge in [-0.1, -0.05) is 0 Å². The van der Waals surface area contributed by atoms with Gasteiger partial charge in [0.1, 0.15) is 4.90 Å². The molecule has 0 atom stereocenters. The molecular formula is C7H5ClF2INO3S. The topological polar surface area (TPSA) is 56.3 Å². The van der Waals surface area contributed by atoms with Gasteiger partial charge in [-0.15, -0.1) is 0 Å². The summed E-state index contributed by atoms with van der Waals surface area (Å²) in [5, 5.41) is 0. The Labute approximate surface area is 109 Å². The largest absolute Gasteiger partial charge is 0.480 e. The van der Waals surface area contributed by atoms with Gasteiger partial charge >= 0.3 is 0 Å². The fourth-order valence-corrected chi connectivity index (χ4v) is 3.08. The predicted molar refractivity (Wildman–Crippen MR) is 61.5 cm³/mol. The fraction of sp³-hybridized carbons (Fsp3) is 0.286. The lowest BCUT2D eigenvalue weighted by molar-refractivity contribution is 0.146. The molecule has 0 aliphatic rings. The summed E-state index contributed by atoms with van der Waals surface area (Å²) >= 11 is 1.53. The summed E-state index contributed by atoms with van der Waals surface area (Å²) in [4.78, 5) is 2.88. The molecule has 0 N–H and O–H groups in total. The van der Waals surface area contributed by atoms with E-state index in [1.807, 2.05) is 0 Å². The minimum Gasteiger partial charge on any atom is -0.480 e. The van der Waals surface area contributed by atoms with E-state index in [1.54, 1.807) is 0 Å². The Bertz CT molecular complexity index is 509. The minimum absolute atomic E-state index is 0.0695. The Morgan fingerprint density at radius 2 is 2.12 bits per heavy atom. The van der Waals surface area contributed by atoms with Crippen LogP contribution in [0.15, 0.2) is 11.1 Å². The predicted octanol–water partition coefficient (Wildman–Crippen LogP) is 2.56. The van der Waals surface area contributed by atoms with Crippen molar-refractivity contribution in [2.24, 2.45) is 0 Å². The van der Waals surface area contributed by atoms with E-state index < -0.39 is 25.9 Å². The molecule has 90 valence electrons. The van der Waals surface area contributed by atoms with Crippen LogP contribution in [-0.4, -0.2) is 20.5 Å². The van der Waals surface area contributed by atoms with Crippen molar-refractivity contribution in [2.75, 3.05) is 7.11 Å². The van der Waals surface area contributed by atoms with Crippen molar-refractivity contribution in [2.45, 2.75) is 11.3 Å². The first-order valence-electron chi connectivity index (χ1n) is 3.74. The van der Waals surface area contributed by atoms with Gasteiger partial charge in [-0.05, 0) is 22.6 Å². The Morgan fingerprint density at radius 3 is 2.50 bits per heavy atom. The van der Waals surface area contributed by atoms with Gasteiger partial charge in [0.25, 0.3) is 15.5 Å². The van der Waals surface area contributed by atoms with Crippen LogP contribution in [-0.2, 0) is 9.05 Å². The number of ether oxygens (including phenoxy) is 1. The van der Waals surface area contributed by atoms with Crippen LogP contribution in [0.25, 0.3) is 0 Å². The fourth-order valence-electron chi connectivity index (χ4n) is 1.01. The highest BCUT2D eigenvalue weighted by molar-refractivity contribution is 14.1. The Kier molecular flexibility index (Phi) is 4.29. The number of halogens is 4. The number of rotatable bonds is 3. The van der Waals surface area contributed by atoms with Crippen molar-refractivity contribution in [3.63, 3.8) is 0 Å². The zero-order chi connectivity index (χ0) is 12.5. The Morgan fingerprint density at radius 1 is 1.56 bits per heavy atom. The second-order valence-electron chi connectivity index (χ2n) is 2.60. The highest BCUT2D eigenvalue weighted by Gasteiger charge is 2.27. The maximum atomic E-state index is 12.7. The number of methoxy groups -OCH3 is 1. The SMILES string of the molecule is COc1ncc(S(=O)(=O)Cl)c(C(F)F)c1I.